The van der Waals surface area contributed by atoms with Crippen LogP contribution in [0.4, 0.5) is 5.95 Å². The fourth-order valence-corrected chi connectivity index (χ4v) is 3.36. The normalized spacial score (nSPS) is 11.0. The van der Waals surface area contributed by atoms with Crippen molar-refractivity contribution in [2.24, 2.45) is 5.10 Å². The maximum atomic E-state index is 12.1. The predicted molar refractivity (Wildman–Crippen MR) is 122 cm³/mol. The van der Waals surface area contributed by atoms with Gasteiger partial charge in [0, 0.05) is 12.1 Å². The second kappa shape index (κ2) is 10.3. The molecule has 0 saturated carbocycles. The van der Waals surface area contributed by atoms with Crippen molar-refractivity contribution < 1.29 is 4.79 Å². The van der Waals surface area contributed by atoms with Crippen LogP contribution in [0.3, 0.4) is 0 Å². The number of nitrogen functional groups attached to an aromatic ring is 1. The maximum absolute atomic E-state index is 12.1. The summed E-state index contributed by atoms with van der Waals surface area (Å²) in [5.74, 6) is 6.20. The molecule has 3 aromatic rings. The van der Waals surface area contributed by atoms with E-state index in [1.165, 1.54) is 28.2 Å². The molecule has 0 radical (unpaired) electrons. The maximum Gasteiger partial charge on any atom is 0.264 e. The lowest BCUT2D eigenvalue weighted by atomic mass is 10.1. The monoisotopic (exact) mass is 463 g/mol. The number of nitrogens with two attached hydrogens (primary N) is 1. The van der Waals surface area contributed by atoms with Crippen LogP contribution < -0.4 is 16.6 Å². The summed E-state index contributed by atoms with van der Waals surface area (Å²) in [6.45, 7) is 2.48. The SMILES string of the molecule is Cc1ccc(CNC(=O)CSc2nnc(N/N=C/c3cccc(Cl)c3Cl)n2N)cc1. The van der Waals surface area contributed by atoms with Crippen LogP contribution >= 0.6 is 35.0 Å². The second-order valence-electron chi connectivity index (χ2n) is 6.24. The summed E-state index contributed by atoms with van der Waals surface area (Å²) in [4.78, 5) is 12.1. The van der Waals surface area contributed by atoms with Crippen molar-refractivity contribution in [3.63, 3.8) is 0 Å². The van der Waals surface area contributed by atoms with Crippen LogP contribution in [-0.4, -0.2) is 32.7 Å². The third-order valence-corrected chi connectivity index (χ3v) is 5.73. The molecule has 0 atom stereocenters. The number of hydrogen-bond acceptors (Lipinski definition) is 7. The number of thioether (sulfide) groups is 1. The van der Waals surface area contributed by atoms with Gasteiger partial charge in [-0.15, -0.1) is 10.2 Å². The Morgan fingerprint density at radius 2 is 2.00 bits per heavy atom. The molecular weight excluding hydrogens is 445 g/mol. The predicted octanol–water partition coefficient (Wildman–Crippen LogP) is 3.46. The zero-order chi connectivity index (χ0) is 21.5. The number of hydrogen-bond donors (Lipinski definition) is 3. The summed E-state index contributed by atoms with van der Waals surface area (Å²) >= 11 is 13.2. The summed E-state index contributed by atoms with van der Waals surface area (Å²) in [5, 5.41) is 16.0. The number of hydrazone groups is 1. The first-order valence-corrected chi connectivity index (χ1v) is 10.6. The number of benzene rings is 2. The zero-order valence-electron chi connectivity index (χ0n) is 16.0. The van der Waals surface area contributed by atoms with E-state index in [2.05, 4.69) is 26.0 Å². The van der Waals surface area contributed by atoms with E-state index in [0.717, 1.165) is 5.56 Å². The van der Waals surface area contributed by atoms with E-state index in [9.17, 15) is 4.79 Å². The number of aryl methyl sites for hydroxylation is 1. The minimum Gasteiger partial charge on any atom is -0.351 e. The first-order valence-electron chi connectivity index (χ1n) is 8.82. The van der Waals surface area contributed by atoms with E-state index in [1.807, 2.05) is 31.2 Å². The first kappa shape index (κ1) is 21.9. The van der Waals surface area contributed by atoms with E-state index in [-0.39, 0.29) is 17.6 Å². The molecule has 156 valence electrons. The van der Waals surface area contributed by atoms with Gasteiger partial charge >= 0.3 is 0 Å². The molecule has 2 aromatic carbocycles. The smallest absolute Gasteiger partial charge is 0.264 e. The topological polar surface area (TPSA) is 110 Å². The molecule has 0 fully saturated rings. The molecule has 30 heavy (non-hydrogen) atoms. The number of nitrogens with zero attached hydrogens (tertiary/aromatic N) is 4. The summed E-state index contributed by atoms with van der Waals surface area (Å²) < 4.78 is 1.22. The molecule has 0 spiro atoms. The standard InChI is InChI=1S/C19H19Cl2N7OS/c1-12-5-7-13(8-6-12)9-23-16(29)11-30-19-27-26-18(28(19)22)25-24-10-14-3-2-4-15(20)17(14)21/h2-8,10H,9,11,22H2,1H3,(H,23,29)(H,25,26)/b24-10+. The molecule has 0 aliphatic carbocycles. The molecule has 3 rings (SSSR count). The highest BCUT2D eigenvalue weighted by molar-refractivity contribution is 7.99. The Kier molecular flexibility index (Phi) is 7.56. The van der Waals surface area contributed by atoms with E-state index < -0.39 is 0 Å². The molecule has 0 aliphatic heterocycles. The van der Waals surface area contributed by atoms with E-state index in [4.69, 9.17) is 29.0 Å². The molecule has 11 heteroatoms. The highest BCUT2D eigenvalue weighted by Crippen LogP contribution is 2.24. The highest BCUT2D eigenvalue weighted by Gasteiger charge is 2.12. The lowest BCUT2D eigenvalue weighted by Gasteiger charge is -2.06. The van der Waals surface area contributed by atoms with Crippen molar-refractivity contribution in [3.05, 3.63) is 69.2 Å². The van der Waals surface area contributed by atoms with Crippen molar-refractivity contribution >= 4 is 53.0 Å². The van der Waals surface area contributed by atoms with Gasteiger partial charge < -0.3 is 11.2 Å². The van der Waals surface area contributed by atoms with Crippen LogP contribution in [0.2, 0.25) is 10.0 Å². The minimum atomic E-state index is -0.133. The second-order valence-corrected chi connectivity index (χ2v) is 7.97. The van der Waals surface area contributed by atoms with Gasteiger partial charge in [0.1, 0.15) is 0 Å². The lowest BCUT2D eigenvalue weighted by Crippen LogP contribution is -2.25. The Labute approximate surface area is 187 Å². The number of anilines is 1. The molecule has 0 aliphatic rings. The van der Waals surface area contributed by atoms with Gasteiger partial charge in [-0.3, -0.25) is 4.79 Å². The van der Waals surface area contributed by atoms with Crippen LogP contribution in [0.1, 0.15) is 16.7 Å². The number of amides is 1. The number of carbonyl (C=O) groups is 1. The molecule has 8 nitrogen and oxygen atoms in total. The number of rotatable bonds is 8. The number of carbonyl (C=O) groups excluding carboxylic acids is 1. The Bertz CT molecular complexity index is 1050. The van der Waals surface area contributed by atoms with Crippen LogP contribution in [0.25, 0.3) is 0 Å². The Morgan fingerprint density at radius 3 is 2.77 bits per heavy atom. The van der Waals surface area contributed by atoms with Crippen LogP contribution in [-0.2, 0) is 11.3 Å². The van der Waals surface area contributed by atoms with Crippen molar-refractivity contribution in [2.45, 2.75) is 18.6 Å². The Hall–Kier alpha value is -2.75. The van der Waals surface area contributed by atoms with Crippen molar-refractivity contribution in [1.29, 1.82) is 0 Å². The van der Waals surface area contributed by atoms with Gasteiger partial charge in [-0.25, -0.2) is 10.1 Å². The average molecular weight is 464 g/mol. The number of halogens is 2. The molecule has 4 N–H and O–H groups in total. The molecular formula is C19H19Cl2N7OS. The molecule has 0 unspecified atom stereocenters. The van der Waals surface area contributed by atoms with Crippen molar-refractivity contribution in [1.82, 2.24) is 20.2 Å². The third-order valence-electron chi connectivity index (χ3n) is 3.96. The van der Waals surface area contributed by atoms with E-state index in [0.29, 0.717) is 27.3 Å². The fourth-order valence-electron chi connectivity index (χ4n) is 2.32. The third kappa shape index (κ3) is 5.88. The van der Waals surface area contributed by atoms with Gasteiger partial charge in [-0.2, -0.15) is 5.10 Å². The van der Waals surface area contributed by atoms with Gasteiger partial charge in [0.05, 0.1) is 22.0 Å². The van der Waals surface area contributed by atoms with Crippen LogP contribution in [0.5, 0.6) is 0 Å². The quantitative estimate of drug-likeness (QED) is 0.204. The average Bonchev–Trinajstić information content (AvgIpc) is 3.09. The van der Waals surface area contributed by atoms with E-state index >= 15 is 0 Å². The van der Waals surface area contributed by atoms with Gasteiger partial charge in [0.15, 0.2) is 0 Å². The Morgan fingerprint density at radius 1 is 1.23 bits per heavy atom. The van der Waals surface area contributed by atoms with Gasteiger partial charge in [0.2, 0.25) is 11.1 Å². The van der Waals surface area contributed by atoms with Crippen LogP contribution in [0.15, 0.2) is 52.7 Å². The summed E-state index contributed by atoms with van der Waals surface area (Å²) in [6, 6.07) is 13.2. The molecule has 0 bridgehead atoms. The number of aromatic nitrogens is 3. The van der Waals surface area contributed by atoms with Crippen molar-refractivity contribution in [3.8, 4) is 0 Å². The molecule has 1 amide bonds. The highest BCUT2D eigenvalue weighted by atomic mass is 35.5. The molecule has 1 aromatic heterocycles. The molecule has 1 heterocycles. The lowest BCUT2D eigenvalue weighted by molar-refractivity contribution is -0.118. The number of nitrogens with one attached hydrogen (secondary N) is 2. The zero-order valence-corrected chi connectivity index (χ0v) is 18.3. The van der Waals surface area contributed by atoms with Crippen molar-refractivity contribution in [2.75, 3.05) is 17.0 Å². The largest absolute Gasteiger partial charge is 0.351 e. The molecule has 0 saturated heterocycles. The first-order chi connectivity index (χ1) is 14.4. The van der Waals surface area contributed by atoms with E-state index in [1.54, 1.807) is 18.2 Å². The summed E-state index contributed by atoms with van der Waals surface area (Å²) in [5.41, 5.74) is 5.53. The van der Waals surface area contributed by atoms with Gasteiger partial charge in [-0.05, 0) is 18.6 Å². The van der Waals surface area contributed by atoms with Gasteiger partial charge in [-0.1, -0.05) is 76.9 Å². The van der Waals surface area contributed by atoms with Gasteiger partial charge in [0.25, 0.3) is 5.95 Å². The minimum absolute atomic E-state index is 0.133. The summed E-state index contributed by atoms with van der Waals surface area (Å²) in [6.07, 6.45) is 1.49. The fraction of sp³-hybridized carbons (Fsp3) is 0.158. The Balaban J connectivity index is 1.49. The van der Waals surface area contributed by atoms with Crippen LogP contribution in [0, 0.1) is 6.92 Å². The summed E-state index contributed by atoms with van der Waals surface area (Å²) in [7, 11) is 0.